The number of hydrogen-bond donors (Lipinski definition) is 1. The zero-order valence-corrected chi connectivity index (χ0v) is 13.2. The fourth-order valence-electron chi connectivity index (χ4n) is 2.10. The van der Waals surface area contributed by atoms with Gasteiger partial charge < -0.3 is 5.11 Å². The lowest BCUT2D eigenvalue weighted by molar-refractivity contribution is -0.137. The maximum Gasteiger partial charge on any atom is 0.303 e. The molecule has 0 saturated heterocycles. The molecule has 0 bridgehead atoms. The molecule has 20 heavy (non-hydrogen) atoms. The van der Waals surface area contributed by atoms with Crippen LogP contribution in [0.15, 0.2) is 24.3 Å². The van der Waals surface area contributed by atoms with Crippen LogP contribution in [-0.2, 0) is 4.79 Å². The Morgan fingerprint density at radius 2 is 1.35 bits per heavy atom. The average molecular weight is 280 g/mol. The van der Waals surface area contributed by atoms with Crippen molar-refractivity contribution in [2.45, 2.75) is 84.0 Å². The van der Waals surface area contributed by atoms with Crippen molar-refractivity contribution in [2.75, 3.05) is 0 Å². The van der Waals surface area contributed by atoms with Crippen LogP contribution < -0.4 is 0 Å². The van der Waals surface area contributed by atoms with Gasteiger partial charge >= 0.3 is 5.97 Å². The summed E-state index contributed by atoms with van der Waals surface area (Å²) in [6, 6.07) is 0. The molecule has 0 fully saturated rings. The normalized spacial score (nSPS) is 11.7. The SMILES string of the molecule is CCC/C=C\CC=CCCCCCCCCCC(=O)O. The molecule has 0 heterocycles. The lowest BCUT2D eigenvalue weighted by atomic mass is 10.1. The summed E-state index contributed by atoms with van der Waals surface area (Å²) in [6.07, 6.45) is 22.3. The number of carboxylic acid groups (broad SMARTS) is 1. The van der Waals surface area contributed by atoms with E-state index in [4.69, 9.17) is 5.11 Å². The van der Waals surface area contributed by atoms with Crippen molar-refractivity contribution in [1.29, 1.82) is 0 Å². The predicted molar refractivity (Wildman–Crippen MR) is 87.0 cm³/mol. The second kappa shape index (κ2) is 16.0. The number of rotatable bonds is 14. The first kappa shape index (κ1) is 18.9. The zero-order chi connectivity index (χ0) is 14.9. The summed E-state index contributed by atoms with van der Waals surface area (Å²) in [6.45, 7) is 2.20. The standard InChI is InChI=1S/C18H32O2/c1-2-3-4-5-6-7-8-9-10-11-12-13-14-15-16-17-18(19)20/h4-5,7-8H,2-3,6,9-17H2,1H3,(H,19,20)/b5-4-,8-7?. The number of carbonyl (C=O) groups is 1. The fourth-order valence-corrected chi connectivity index (χ4v) is 2.10. The first-order valence-corrected chi connectivity index (χ1v) is 8.29. The summed E-state index contributed by atoms with van der Waals surface area (Å²) in [5.74, 6) is -0.665. The number of hydrogen-bond acceptors (Lipinski definition) is 1. The highest BCUT2D eigenvalue weighted by molar-refractivity contribution is 5.66. The van der Waals surface area contributed by atoms with Crippen molar-refractivity contribution < 1.29 is 9.90 Å². The Balaban J connectivity index is 3.12. The van der Waals surface area contributed by atoms with Crippen LogP contribution in [-0.4, -0.2) is 11.1 Å². The lowest BCUT2D eigenvalue weighted by Crippen LogP contribution is -1.93. The van der Waals surface area contributed by atoms with Gasteiger partial charge in [-0.1, -0.05) is 69.8 Å². The molecule has 0 aromatic rings. The van der Waals surface area contributed by atoms with Crippen LogP contribution in [0.5, 0.6) is 0 Å². The van der Waals surface area contributed by atoms with E-state index in [9.17, 15) is 4.79 Å². The molecule has 0 aromatic carbocycles. The second-order valence-electron chi connectivity index (χ2n) is 5.37. The van der Waals surface area contributed by atoms with E-state index < -0.39 is 5.97 Å². The van der Waals surface area contributed by atoms with Gasteiger partial charge in [0, 0.05) is 6.42 Å². The largest absolute Gasteiger partial charge is 0.481 e. The summed E-state index contributed by atoms with van der Waals surface area (Å²) < 4.78 is 0. The number of aliphatic carboxylic acids is 1. The number of unbranched alkanes of at least 4 members (excludes halogenated alkanes) is 8. The molecule has 0 rings (SSSR count). The van der Waals surface area contributed by atoms with E-state index in [1.807, 2.05) is 0 Å². The van der Waals surface area contributed by atoms with E-state index in [-0.39, 0.29) is 0 Å². The Bertz CT molecular complexity index is 267. The molecule has 2 nitrogen and oxygen atoms in total. The third-order valence-corrected chi connectivity index (χ3v) is 3.32. The van der Waals surface area contributed by atoms with Gasteiger partial charge in [0.1, 0.15) is 0 Å². The summed E-state index contributed by atoms with van der Waals surface area (Å²) in [5, 5.41) is 8.51. The maximum atomic E-state index is 10.3. The van der Waals surface area contributed by atoms with Crippen molar-refractivity contribution in [3.63, 3.8) is 0 Å². The van der Waals surface area contributed by atoms with Crippen LogP contribution in [0.25, 0.3) is 0 Å². The minimum atomic E-state index is -0.665. The third kappa shape index (κ3) is 16.9. The van der Waals surface area contributed by atoms with Gasteiger partial charge in [0.25, 0.3) is 0 Å². The van der Waals surface area contributed by atoms with Crippen molar-refractivity contribution in [2.24, 2.45) is 0 Å². The highest BCUT2D eigenvalue weighted by Crippen LogP contribution is 2.10. The zero-order valence-electron chi connectivity index (χ0n) is 13.2. The third-order valence-electron chi connectivity index (χ3n) is 3.32. The number of allylic oxidation sites excluding steroid dienone is 4. The van der Waals surface area contributed by atoms with E-state index in [2.05, 4.69) is 31.2 Å². The van der Waals surface area contributed by atoms with Crippen molar-refractivity contribution in [3.8, 4) is 0 Å². The Kier molecular flexibility index (Phi) is 15.2. The molecule has 0 unspecified atom stereocenters. The highest BCUT2D eigenvalue weighted by Gasteiger charge is 1.96. The molecule has 116 valence electrons. The maximum absolute atomic E-state index is 10.3. The minimum absolute atomic E-state index is 0.331. The van der Waals surface area contributed by atoms with Gasteiger partial charge in [-0.25, -0.2) is 0 Å². The van der Waals surface area contributed by atoms with Crippen LogP contribution in [0, 0.1) is 0 Å². The molecule has 0 radical (unpaired) electrons. The molecule has 0 atom stereocenters. The second-order valence-corrected chi connectivity index (χ2v) is 5.37. The van der Waals surface area contributed by atoms with Crippen molar-refractivity contribution in [1.82, 2.24) is 0 Å². The van der Waals surface area contributed by atoms with Crippen LogP contribution in [0.4, 0.5) is 0 Å². The highest BCUT2D eigenvalue weighted by atomic mass is 16.4. The molecule has 1 N–H and O–H groups in total. The molecule has 0 aliphatic rings. The Morgan fingerprint density at radius 3 is 1.95 bits per heavy atom. The molecular formula is C18H32O2. The van der Waals surface area contributed by atoms with Gasteiger partial charge in [0.05, 0.1) is 0 Å². The lowest BCUT2D eigenvalue weighted by Gasteiger charge is -2.00. The molecule has 0 aromatic heterocycles. The Labute approximate surface area is 125 Å². The fraction of sp³-hybridized carbons (Fsp3) is 0.722. The monoisotopic (exact) mass is 280 g/mol. The summed E-state index contributed by atoms with van der Waals surface area (Å²) in [7, 11) is 0. The van der Waals surface area contributed by atoms with E-state index >= 15 is 0 Å². The quantitative estimate of drug-likeness (QED) is 0.318. The minimum Gasteiger partial charge on any atom is -0.481 e. The molecule has 0 aliphatic heterocycles. The van der Waals surface area contributed by atoms with Gasteiger partial charge in [-0.2, -0.15) is 0 Å². The van der Waals surface area contributed by atoms with E-state index in [1.165, 1.54) is 51.4 Å². The van der Waals surface area contributed by atoms with E-state index in [1.54, 1.807) is 0 Å². The van der Waals surface area contributed by atoms with Crippen LogP contribution in [0.3, 0.4) is 0 Å². The first-order valence-electron chi connectivity index (χ1n) is 8.29. The summed E-state index contributed by atoms with van der Waals surface area (Å²) in [4.78, 5) is 10.3. The number of carboxylic acids is 1. The molecule has 2 heteroatoms. The molecular weight excluding hydrogens is 248 g/mol. The van der Waals surface area contributed by atoms with Crippen LogP contribution >= 0.6 is 0 Å². The van der Waals surface area contributed by atoms with Gasteiger partial charge in [0.2, 0.25) is 0 Å². The molecule has 0 spiro atoms. The topological polar surface area (TPSA) is 37.3 Å². The summed E-state index contributed by atoms with van der Waals surface area (Å²) >= 11 is 0. The Hall–Kier alpha value is -1.05. The van der Waals surface area contributed by atoms with Gasteiger partial charge in [-0.15, -0.1) is 0 Å². The van der Waals surface area contributed by atoms with Gasteiger partial charge in [-0.3, -0.25) is 4.79 Å². The predicted octanol–water partition coefficient (Wildman–Crippen LogP) is 5.88. The van der Waals surface area contributed by atoms with Crippen LogP contribution in [0.2, 0.25) is 0 Å². The van der Waals surface area contributed by atoms with Gasteiger partial charge in [0.15, 0.2) is 0 Å². The molecule has 0 aliphatic carbocycles. The smallest absolute Gasteiger partial charge is 0.303 e. The Morgan fingerprint density at radius 1 is 0.800 bits per heavy atom. The van der Waals surface area contributed by atoms with Crippen LogP contribution in [0.1, 0.15) is 84.0 Å². The van der Waals surface area contributed by atoms with E-state index in [0.29, 0.717) is 6.42 Å². The summed E-state index contributed by atoms with van der Waals surface area (Å²) in [5.41, 5.74) is 0. The van der Waals surface area contributed by atoms with E-state index in [0.717, 1.165) is 19.3 Å². The van der Waals surface area contributed by atoms with Gasteiger partial charge in [-0.05, 0) is 32.1 Å². The average Bonchev–Trinajstić information content (AvgIpc) is 2.43. The molecule has 0 saturated carbocycles. The molecule has 0 amide bonds. The van der Waals surface area contributed by atoms with Crippen molar-refractivity contribution in [3.05, 3.63) is 24.3 Å². The first-order chi connectivity index (χ1) is 9.77. The van der Waals surface area contributed by atoms with Crippen molar-refractivity contribution >= 4 is 5.97 Å².